The number of amides is 1. The van der Waals surface area contributed by atoms with Gasteiger partial charge >= 0.3 is 0 Å². The fourth-order valence-electron chi connectivity index (χ4n) is 6.09. The van der Waals surface area contributed by atoms with Crippen LogP contribution >= 0.6 is 0 Å². The summed E-state index contributed by atoms with van der Waals surface area (Å²) in [7, 11) is 0. The molecule has 5 unspecified atom stereocenters. The molecule has 0 aromatic rings. The van der Waals surface area contributed by atoms with Crippen molar-refractivity contribution in [2.75, 3.05) is 6.54 Å². The Bertz CT molecular complexity index is 821. The molecule has 0 spiro atoms. The Morgan fingerprint density at radius 1 is 0.897 bits per heavy atom. The predicted molar refractivity (Wildman–Crippen MR) is 143 cm³/mol. The van der Waals surface area contributed by atoms with Crippen molar-refractivity contribution < 1.29 is 44.2 Å². The number of nitrogens with one attached hydrogen (secondary N) is 1. The number of aliphatic hydroxyl groups excluding tert-OH is 4. The van der Waals surface area contributed by atoms with Crippen molar-refractivity contribution in [3.8, 4) is 12.3 Å². The van der Waals surface area contributed by atoms with Crippen LogP contribution in [0.1, 0.15) is 73.1 Å². The minimum atomic E-state index is -1.13. The summed E-state index contributed by atoms with van der Waals surface area (Å²) >= 11 is 0. The normalized spacial score (nSPS) is 44.9. The molecule has 2 aliphatic heterocycles. The molecule has 5 N–H and O–H groups in total. The van der Waals surface area contributed by atoms with Gasteiger partial charge in [-0.25, -0.2) is 0 Å². The summed E-state index contributed by atoms with van der Waals surface area (Å²) in [6.07, 6.45) is 0.772. The Kier molecular flexibility index (Phi) is 12.0. The Labute approximate surface area is 232 Å². The van der Waals surface area contributed by atoms with E-state index in [0.29, 0.717) is 32.1 Å². The standard InChI is InChI=1S/C29H49NO9/c1-7-9-10-11-22(32)30-14-21-23(33)18(6)24(34)29(37-21)39-27-16(4)12-15(3)26(25(27)35)38-28-17(5)13-19(31)20(8-2)36-28/h1,15-21,23-29,31,33-35H,8-14H2,2-6H3,(H,30,32)/t15-,16+,17?,18?,19-,20+,21?,23-,24?,25-,26?,27-,28+,29+/m0/s1. The van der Waals surface area contributed by atoms with Gasteiger partial charge in [0.25, 0.3) is 0 Å². The molecule has 0 bridgehead atoms. The molecule has 2 saturated heterocycles. The Morgan fingerprint density at radius 2 is 1.51 bits per heavy atom. The molecule has 3 fully saturated rings. The van der Waals surface area contributed by atoms with E-state index < -0.39 is 61.2 Å². The predicted octanol–water partition coefficient (Wildman–Crippen LogP) is 1.32. The summed E-state index contributed by atoms with van der Waals surface area (Å²) in [6, 6.07) is 0. The highest BCUT2D eigenvalue weighted by atomic mass is 16.7. The average molecular weight is 556 g/mol. The molecule has 1 amide bonds. The summed E-state index contributed by atoms with van der Waals surface area (Å²) in [4.78, 5) is 12.1. The highest BCUT2D eigenvalue weighted by Gasteiger charge is 2.49. The van der Waals surface area contributed by atoms with E-state index in [4.69, 9.17) is 25.4 Å². The molecule has 3 rings (SSSR count). The molecule has 10 nitrogen and oxygen atoms in total. The largest absolute Gasteiger partial charge is 0.390 e. The van der Waals surface area contributed by atoms with Crippen LogP contribution in [-0.2, 0) is 23.7 Å². The lowest BCUT2D eigenvalue weighted by Gasteiger charge is -2.48. The average Bonchev–Trinajstić information content (AvgIpc) is 2.89. The number of aliphatic hydroxyl groups is 4. The Hall–Kier alpha value is -1.29. The van der Waals surface area contributed by atoms with Crippen LogP contribution in [-0.4, -0.2) is 94.3 Å². The van der Waals surface area contributed by atoms with E-state index in [1.54, 1.807) is 6.92 Å². The summed E-state index contributed by atoms with van der Waals surface area (Å²) in [6.45, 7) is 9.67. The van der Waals surface area contributed by atoms with E-state index in [2.05, 4.69) is 11.2 Å². The lowest BCUT2D eigenvalue weighted by Crippen LogP contribution is -2.60. The molecule has 10 heteroatoms. The highest BCUT2D eigenvalue weighted by molar-refractivity contribution is 5.75. The van der Waals surface area contributed by atoms with Crippen LogP contribution in [0.15, 0.2) is 0 Å². The summed E-state index contributed by atoms with van der Waals surface area (Å²) < 4.78 is 24.6. The monoisotopic (exact) mass is 555 g/mol. The van der Waals surface area contributed by atoms with Gasteiger partial charge in [-0.1, -0.05) is 34.6 Å². The van der Waals surface area contributed by atoms with Crippen LogP contribution in [0, 0.1) is 36.0 Å². The molecule has 3 aliphatic rings. The van der Waals surface area contributed by atoms with Gasteiger partial charge in [0, 0.05) is 31.2 Å². The lowest BCUT2D eigenvalue weighted by atomic mass is 9.77. The summed E-state index contributed by atoms with van der Waals surface area (Å²) in [5.74, 6) is 1.64. The first-order valence-electron chi connectivity index (χ1n) is 14.5. The smallest absolute Gasteiger partial charge is 0.220 e. The number of hydrogen-bond acceptors (Lipinski definition) is 9. The third-order valence-electron chi connectivity index (χ3n) is 8.61. The number of terminal acetylenes is 1. The molecule has 39 heavy (non-hydrogen) atoms. The van der Waals surface area contributed by atoms with E-state index in [1.165, 1.54) is 0 Å². The molecule has 224 valence electrons. The van der Waals surface area contributed by atoms with Gasteiger partial charge in [-0.15, -0.1) is 12.3 Å². The minimum Gasteiger partial charge on any atom is -0.390 e. The molecule has 1 saturated carbocycles. The molecular weight excluding hydrogens is 506 g/mol. The van der Waals surface area contributed by atoms with Gasteiger partial charge in [0.05, 0.1) is 30.5 Å². The Morgan fingerprint density at radius 3 is 2.13 bits per heavy atom. The third-order valence-corrected chi connectivity index (χ3v) is 8.61. The summed E-state index contributed by atoms with van der Waals surface area (Å²) in [5, 5.41) is 46.0. The highest BCUT2D eigenvalue weighted by Crippen LogP contribution is 2.38. The number of carbonyl (C=O) groups excluding carboxylic acids is 1. The quantitative estimate of drug-likeness (QED) is 0.199. The first-order valence-corrected chi connectivity index (χ1v) is 14.5. The SMILES string of the molecule is C#CCCCC(=O)NCC1O[C@H](O[C@H]2[C@H](C)C[C@H](C)C(O[C@H]3O[C@H](CC)[C@@H](O)CC3C)[C@@H]2O)C(O)C(C)[C@@H]1O. The molecular formula is C29H49NO9. The second kappa shape index (κ2) is 14.6. The number of unbranched alkanes of at least 4 members (excludes halogenated alkanes) is 1. The Balaban J connectivity index is 1.65. The number of rotatable bonds is 10. The number of carbonyl (C=O) groups is 1. The van der Waals surface area contributed by atoms with Gasteiger partial charge in [-0.3, -0.25) is 4.79 Å². The first kappa shape index (κ1) is 32.2. The van der Waals surface area contributed by atoms with Crippen LogP contribution < -0.4 is 5.32 Å². The second-order valence-electron chi connectivity index (χ2n) is 11.9. The lowest BCUT2D eigenvalue weighted by molar-refractivity contribution is -0.328. The number of hydrogen-bond donors (Lipinski definition) is 5. The topological polar surface area (TPSA) is 147 Å². The van der Waals surface area contributed by atoms with E-state index in [0.717, 1.165) is 0 Å². The van der Waals surface area contributed by atoms with Gasteiger partial charge in [0.1, 0.15) is 18.3 Å². The fourth-order valence-corrected chi connectivity index (χ4v) is 6.09. The van der Waals surface area contributed by atoms with Crippen molar-refractivity contribution >= 4 is 5.91 Å². The van der Waals surface area contributed by atoms with Gasteiger partial charge < -0.3 is 44.7 Å². The minimum absolute atomic E-state index is 0.0213. The van der Waals surface area contributed by atoms with Crippen LogP contribution in [0.5, 0.6) is 0 Å². The molecule has 0 aromatic carbocycles. The first-order chi connectivity index (χ1) is 18.5. The van der Waals surface area contributed by atoms with Gasteiger partial charge in [0.15, 0.2) is 12.6 Å². The van der Waals surface area contributed by atoms with Crippen molar-refractivity contribution in [3.05, 3.63) is 0 Å². The van der Waals surface area contributed by atoms with Crippen LogP contribution in [0.3, 0.4) is 0 Å². The van der Waals surface area contributed by atoms with Crippen molar-refractivity contribution in [3.63, 3.8) is 0 Å². The third kappa shape index (κ3) is 7.92. The zero-order valence-corrected chi connectivity index (χ0v) is 23.9. The van der Waals surface area contributed by atoms with Crippen molar-refractivity contribution in [2.45, 2.75) is 135 Å². The van der Waals surface area contributed by atoms with Crippen molar-refractivity contribution in [2.24, 2.45) is 23.7 Å². The van der Waals surface area contributed by atoms with E-state index in [-0.39, 0.29) is 42.7 Å². The molecule has 2 heterocycles. The van der Waals surface area contributed by atoms with Gasteiger partial charge in [-0.2, -0.15) is 0 Å². The summed E-state index contributed by atoms with van der Waals surface area (Å²) in [5.41, 5.74) is 0. The zero-order valence-electron chi connectivity index (χ0n) is 23.9. The zero-order chi connectivity index (χ0) is 28.9. The van der Waals surface area contributed by atoms with Crippen LogP contribution in [0.4, 0.5) is 0 Å². The van der Waals surface area contributed by atoms with Gasteiger partial charge in [0.2, 0.25) is 5.91 Å². The maximum absolute atomic E-state index is 12.1. The maximum atomic E-state index is 12.1. The van der Waals surface area contributed by atoms with Gasteiger partial charge in [-0.05, 0) is 37.5 Å². The maximum Gasteiger partial charge on any atom is 0.220 e. The van der Waals surface area contributed by atoms with Crippen LogP contribution in [0.2, 0.25) is 0 Å². The van der Waals surface area contributed by atoms with E-state index in [9.17, 15) is 25.2 Å². The second-order valence-corrected chi connectivity index (χ2v) is 11.9. The molecule has 14 atom stereocenters. The molecule has 0 radical (unpaired) electrons. The van der Waals surface area contributed by atoms with Crippen molar-refractivity contribution in [1.29, 1.82) is 0 Å². The van der Waals surface area contributed by atoms with Crippen molar-refractivity contribution in [1.82, 2.24) is 5.32 Å². The molecule has 0 aromatic heterocycles. The fraction of sp³-hybridized carbons (Fsp3) is 0.897. The number of ether oxygens (including phenoxy) is 4. The van der Waals surface area contributed by atoms with E-state index in [1.807, 2.05) is 27.7 Å². The van der Waals surface area contributed by atoms with E-state index >= 15 is 0 Å². The van der Waals surface area contributed by atoms with Crippen LogP contribution in [0.25, 0.3) is 0 Å². The molecule has 1 aliphatic carbocycles.